The van der Waals surface area contributed by atoms with Crippen LogP contribution in [0.15, 0.2) is 42.5 Å². The number of hydrogen-bond acceptors (Lipinski definition) is 3. The van der Waals surface area contributed by atoms with Crippen LogP contribution in [0.3, 0.4) is 0 Å². The summed E-state index contributed by atoms with van der Waals surface area (Å²) in [5.41, 5.74) is 2.18. The number of aryl methyl sites for hydroxylation is 2. The summed E-state index contributed by atoms with van der Waals surface area (Å²) in [4.78, 5) is 12.3. The van der Waals surface area contributed by atoms with Crippen LogP contribution in [0.5, 0.6) is 5.75 Å². The number of alkyl halides is 3. The van der Waals surface area contributed by atoms with Gasteiger partial charge in [-0.2, -0.15) is 13.2 Å². The van der Waals surface area contributed by atoms with Gasteiger partial charge in [0.25, 0.3) is 5.91 Å². The minimum absolute atomic E-state index is 0.00916. The van der Waals surface area contributed by atoms with Gasteiger partial charge in [-0.1, -0.05) is 12.1 Å². The second-order valence-corrected chi connectivity index (χ2v) is 6.89. The number of carbonyl (C=O) groups excluding carboxylic acids is 1. The molecular weight excluding hydrogens is 371 g/mol. The van der Waals surface area contributed by atoms with E-state index in [9.17, 15) is 23.1 Å². The first kappa shape index (κ1) is 20.2. The Kier molecular flexibility index (Phi) is 6.24. The Morgan fingerprint density at radius 2 is 1.86 bits per heavy atom. The zero-order valence-corrected chi connectivity index (χ0v) is 15.3. The molecule has 0 spiro atoms. The highest BCUT2D eigenvalue weighted by molar-refractivity contribution is 5.94. The van der Waals surface area contributed by atoms with Crippen LogP contribution in [0.4, 0.5) is 13.2 Å². The van der Waals surface area contributed by atoms with Crippen molar-refractivity contribution in [2.75, 3.05) is 13.2 Å². The van der Waals surface area contributed by atoms with E-state index in [0.29, 0.717) is 5.56 Å². The van der Waals surface area contributed by atoms with E-state index in [1.54, 1.807) is 6.07 Å². The van der Waals surface area contributed by atoms with E-state index in [-0.39, 0.29) is 24.8 Å². The van der Waals surface area contributed by atoms with Crippen LogP contribution in [-0.2, 0) is 19.0 Å². The molecule has 1 unspecified atom stereocenters. The van der Waals surface area contributed by atoms with Crippen molar-refractivity contribution < 1.29 is 27.8 Å². The van der Waals surface area contributed by atoms with Crippen molar-refractivity contribution in [1.29, 1.82) is 0 Å². The Balaban J connectivity index is 1.49. The van der Waals surface area contributed by atoms with Crippen LogP contribution in [-0.4, -0.2) is 30.3 Å². The average molecular weight is 393 g/mol. The van der Waals surface area contributed by atoms with E-state index in [1.165, 1.54) is 23.3 Å². The number of ether oxygens (including phenoxy) is 1. The maximum atomic E-state index is 12.7. The molecule has 0 saturated heterocycles. The quantitative estimate of drug-likeness (QED) is 0.786. The molecule has 2 N–H and O–H groups in total. The number of aliphatic hydroxyl groups excluding tert-OH is 1. The number of carbonyl (C=O) groups is 1. The van der Waals surface area contributed by atoms with Crippen LogP contribution in [0, 0.1) is 0 Å². The molecule has 0 fully saturated rings. The van der Waals surface area contributed by atoms with E-state index in [4.69, 9.17) is 4.74 Å². The van der Waals surface area contributed by atoms with Crippen molar-refractivity contribution in [3.05, 3.63) is 64.7 Å². The number of aliphatic hydroxyl groups is 1. The van der Waals surface area contributed by atoms with Crippen molar-refractivity contribution >= 4 is 5.91 Å². The summed E-state index contributed by atoms with van der Waals surface area (Å²) < 4.78 is 43.3. The monoisotopic (exact) mass is 393 g/mol. The lowest BCUT2D eigenvalue weighted by Gasteiger charge is -2.17. The molecule has 0 saturated carbocycles. The van der Waals surface area contributed by atoms with Gasteiger partial charge in [0.1, 0.15) is 18.5 Å². The minimum atomic E-state index is -4.46. The van der Waals surface area contributed by atoms with Crippen LogP contribution >= 0.6 is 0 Å². The highest BCUT2D eigenvalue weighted by Gasteiger charge is 2.30. The molecule has 2 aromatic carbocycles. The molecule has 150 valence electrons. The number of benzene rings is 2. The van der Waals surface area contributed by atoms with Crippen molar-refractivity contribution in [1.82, 2.24) is 5.32 Å². The lowest BCUT2D eigenvalue weighted by Crippen LogP contribution is -2.35. The topological polar surface area (TPSA) is 58.6 Å². The predicted molar refractivity (Wildman–Crippen MR) is 98.4 cm³/mol. The van der Waals surface area contributed by atoms with Crippen molar-refractivity contribution in [3.63, 3.8) is 0 Å². The summed E-state index contributed by atoms with van der Waals surface area (Å²) in [6.45, 7) is -0.291. The zero-order valence-electron chi connectivity index (χ0n) is 15.3. The van der Waals surface area contributed by atoms with Crippen molar-refractivity contribution in [3.8, 4) is 5.75 Å². The third kappa shape index (κ3) is 5.25. The van der Waals surface area contributed by atoms with E-state index in [0.717, 1.165) is 37.8 Å². The summed E-state index contributed by atoms with van der Waals surface area (Å²) in [6.07, 6.45) is -1.23. The number of halogens is 3. The Morgan fingerprint density at radius 1 is 1.11 bits per heavy atom. The van der Waals surface area contributed by atoms with Gasteiger partial charge in [0.2, 0.25) is 0 Å². The van der Waals surface area contributed by atoms with Crippen molar-refractivity contribution in [2.45, 2.75) is 38.0 Å². The van der Waals surface area contributed by atoms with Gasteiger partial charge in [-0.05, 0) is 67.1 Å². The standard InChI is InChI=1S/C21H22F3NO3/c22-21(23,24)17-6-3-7-19(11-17)28-13-18(26)12-25-20(27)16-9-8-14-4-1-2-5-15(14)10-16/h3,6-11,18,26H,1-2,4-5,12-13H2,(H,25,27). The molecule has 1 aliphatic rings. The normalized spacial score (nSPS) is 14.9. The van der Waals surface area contributed by atoms with Gasteiger partial charge >= 0.3 is 6.18 Å². The fraction of sp³-hybridized carbons (Fsp3) is 0.381. The number of hydrogen-bond donors (Lipinski definition) is 2. The molecule has 7 heteroatoms. The third-order valence-corrected chi connectivity index (χ3v) is 4.71. The van der Waals surface area contributed by atoms with E-state index in [1.807, 2.05) is 12.1 Å². The first-order chi connectivity index (χ1) is 13.3. The molecule has 0 bridgehead atoms. The lowest BCUT2D eigenvalue weighted by atomic mass is 9.90. The van der Waals surface area contributed by atoms with Crippen LogP contribution in [0.1, 0.15) is 39.9 Å². The smallest absolute Gasteiger partial charge is 0.416 e. The SMILES string of the molecule is O=C(NCC(O)COc1cccc(C(F)(F)F)c1)c1ccc2c(c1)CCCC2. The van der Waals surface area contributed by atoms with Gasteiger partial charge in [0, 0.05) is 12.1 Å². The summed E-state index contributed by atoms with van der Waals surface area (Å²) in [5, 5.41) is 12.6. The molecule has 0 aliphatic heterocycles. The van der Waals surface area contributed by atoms with Gasteiger partial charge < -0.3 is 15.2 Å². The van der Waals surface area contributed by atoms with Crippen LogP contribution in [0.25, 0.3) is 0 Å². The van der Waals surface area contributed by atoms with Crippen LogP contribution < -0.4 is 10.1 Å². The Bertz CT molecular complexity index is 836. The molecule has 1 amide bonds. The molecule has 1 atom stereocenters. The first-order valence-corrected chi connectivity index (χ1v) is 9.21. The van der Waals surface area contributed by atoms with E-state index < -0.39 is 17.8 Å². The third-order valence-electron chi connectivity index (χ3n) is 4.71. The molecule has 1 aliphatic carbocycles. The maximum absolute atomic E-state index is 12.7. The largest absolute Gasteiger partial charge is 0.491 e. The summed E-state index contributed by atoms with van der Waals surface area (Å²) in [7, 11) is 0. The number of fused-ring (bicyclic) bond motifs is 1. The molecule has 2 aromatic rings. The van der Waals surface area contributed by atoms with Gasteiger partial charge in [0.15, 0.2) is 0 Å². The molecule has 0 heterocycles. The second kappa shape index (κ2) is 8.65. The zero-order chi connectivity index (χ0) is 20.1. The van der Waals surface area contributed by atoms with Crippen LogP contribution in [0.2, 0.25) is 0 Å². The fourth-order valence-corrected chi connectivity index (χ4v) is 3.20. The Hall–Kier alpha value is -2.54. The summed E-state index contributed by atoms with van der Waals surface area (Å²) >= 11 is 0. The van der Waals surface area contributed by atoms with E-state index >= 15 is 0 Å². The lowest BCUT2D eigenvalue weighted by molar-refractivity contribution is -0.137. The van der Waals surface area contributed by atoms with Gasteiger partial charge in [-0.3, -0.25) is 4.79 Å². The first-order valence-electron chi connectivity index (χ1n) is 9.21. The Labute approximate surface area is 161 Å². The molecule has 0 aromatic heterocycles. The summed E-state index contributed by atoms with van der Waals surface area (Å²) in [6, 6.07) is 10.1. The number of nitrogens with one attached hydrogen (secondary N) is 1. The predicted octanol–water partition coefficient (Wildman–Crippen LogP) is 3.75. The number of rotatable bonds is 6. The molecule has 3 rings (SSSR count). The molecule has 0 radical (unpaired) electrons. The van der Waals surface area contributed by atoms with Gasteiger partial charge in [-0.15, -0.1) is 0 Å². The highest BCUT2D eigenvalue weighted by atomic mass is 19.4. The highest BCUT2D eigenvalue weighted by Crippen LogP contribution is 2.31. The molecule has 28 heavy (non-hydrogen) atoms. The second-order valence-electron chi connectivity index (χ2n) is 6.89. The van der Waals surface area contributed by atoms with Crippen molar-refractivity contribution in [2.24, 2.45) is 0 Å². The van der Waals surface area contributed by atoms with E-state index in [2.05, 4.69) is 5.32 Å². The fourth-order valence-electron chi connectivity index (χ4n) is 3.20. The molecule has 4 nitrogen and oxygen atoms in total. The summed E-state index contributed by atoms with van der Waals surface area (Å²) in [5.74, 6) is -0.290. The van der Waals surface area contributed by atoms with Gasteiger partial charge in [-0.25, -0.2) is 0 Å². The maximum Gasteiger partial charge on any atom is 0.416 e. The number of amides is 1. The minimum Gasteiger partial charge on any atom is -0.491 e. The van der Waals surface area contributed by atoms with Gasteiger partial charge in [0.05, 0.1) is 5.56 Å². The Morgan fingerprint density at radius 3 is 2.61 bits per heavy atom. The average Bonchev–Trinajstić information content (AvgIpc) is 2.69. The molecular formula is C21H22F3NO3.